The number of rotatable bonds is 4. The van der Waals surface area contributed by atoms with Gasteiger partial charge in [-0.15, -0.1) is 0 Å². The van der Waals surface area contributed by atoms with Gasteiger partial charge in [0.2, 0.25) is 0 Å². The molecule has 0 aliphatic rings. The molecule has 0 aliphatic carbocycles. The third-order valence-electron chi connectivity index (χ3n) is 2.54. The molecule has 88 valence electrons. The van der Waals surface area contributed by atoms with Crippen LogP contribution in [0.2, 0.25) is 0 Å². The number of hydrogen-bond donors (Lipinski definition) is 0. The quantitative estimate of drug-likeness (QED) is 0.569. The summed E-state index contributed by atoms with van der Waals surface area (Å²) in [5.74, 6) is -3.88. The first-order valence-corrected chi connectivity index (χ1v) is 5.13. The highest BCUT2D eigenvalue weighted by Gasteiger charge is 2.17. The highest BCUT2D eigenvalue weighted by molar-refractivity contribution is 5.96. The van der Waals surface area contributed by atoms with Crippen molar-refractivity contribution in [3.05, 3.63) is 35.1 Å². The molecule has 1 aromatic carbocycles. The summed E-state index contributed by atoms with van der Waals surface area (Å²) in [5, 5.41) is 0. The molecule has 0 bridgehead atoms. The Labute approximate surface area is 92.3 Å². The normalized spacial score (nSPS) is 12.6. The number of Topliss-reactive ketones (excluding diaryl/α,β-unsaturated/α-hetero) is 1. The second-order valence-corrected chi connectivity index (χ2v) is 3.89. The van der Waals surface area contributed by atoms with Gasteiger partial charge in [0.05, 0.1) is 5.56 Å². The lowest BCUT2D eigenvalue weighted by Gasteiger charge is -2.08. The third kappa shape index (κ3) is 2.84. The van der Waals surface area contributed by atoms with Crippen molar-refractivity contribution in [2.45, 2.75) is 26.7 Å². The predicted molar refractivity (Wildman–Crippen MR) is 54.7 cm³/mol. The maximum Gasteiger partial charge on any atom is 0.166 e. The van der Waals surface area contributed by atoms with Gasteiger partial charge in [-0.05, 0) is 12.0 Å². The van der Waals surface area contributed by atoms with Gasteiger partial charge in [-0.3, -0.25) is 4.79 Å². The highest BCUT2D eigenvalue weighted by atomic mass is 19.2. The van der Waals surface area contributed by atoms with Crippen LogP contribution in [0.4, 0.5) is 13.2 Å². The van der Waals surface area contributed by atoms with Crippen LogP contribution in [0.3, 0.4) is 0 Å². The zero-order valence-electron chi connectivity index (χ0n) is 9.19. The molecule has 0 radical (unpaired) electrons. The van der Waals surface area contributed by atoms with Gasteiger partial charge < -0.3 is 0 Å². The number of carbonyl (C=O) groups is 1. The van der Waals surface area contributed by atoms with E-state index in [1.54, 1.807) is 0 Å². The summed E-state index contributed by atoms with van der Waals surface area (Å²) >= 11 is 0. The lowest BCUT2D eigenvalue weighted by atomic mass is 9.97. The van der Waals surface area contributed by atoms with Crippen molar-refractivity contribution < 1.29 is 18.0 Å². The van der Waals surface area contributed by atoms with Gasteiger partial charge >= 0.3 is 0 Å². The molecular weight excluding hydrogens is 217 g/mol. The van der Waals surface area contributed by atoms with Crippen LogP contribution < -0.4 is 0 Å². The second kappa shape index (κ2) is 5.14. The van der Waals surface area contributed by atoms with Crippen LogP contribution in [0, 0.1) is 23.4 Å². The summed E-state index contributed by atoms with van der Waals surface area (Å²) in [7, 11) is 0. The minimum atomic E-state index is -1.28. The van der Waals surface area contributed by atoms with Gasteiger partial charge in [0.15, 0.2) is 17.4 Å². The van der Waals surface area contributed by atoms with Gasteiger partial charge in [-0.25, -0.2) is 13.2 Å². The van der Waals surface area contributed by atoms with E-state index in [2.05, 4.69) is 0 Å². The summed E-state index contributed by atoms with van der Waals surface area (Å²) in [6.07, 6.45) is 0.912. The molecule has 0 saturated heterocycles. The average Bonchev–Trinajstić information content (AvgIpc) is 2.23. The smallest absolute Gasteiger partial charge is 0.166 e. The average molecular weight is 230 g/mol. The molecule has 0 spiro atoms. The fraction of sp³-hybridized carbons (Fsp3) is 0.417. The molecule has 0 aromatic heterocycles. The molecule has 0 fully saturated rings. The van der Waals surface area contributed by atoms with Crippen LogP contribution in [0.5, 0.6) is 0 Å². The molecule has 4 heteroatoms. The molecule has 1 unspecified atom stereocenters. The maximum atomic E-state index is 13.2. The van der Waals surface area contributed by atoms with Gasteiger partial charge in [0.25, 0.3) is 0 Å². The number of ketones is 1. The van der Waals surface area contributed by atoms with E-state index >= 15 is 0 Å². The van der Waals surface area contributed by atoms with Crippen LogP contribution >= 0.6 is 0 Å². The van der Waals surface area contributed by atoms with E-state index in [0.717, 1.165) is 6.42 Å². The summed E-state index contributed by atoms with van der Waals surface area (Å²) in [4.78, 5) is 11.6. The zero-order valence-corrected chi connectivity index (χ0v) is 9.19. The molecule has 0 aliphatic heterocycles. The van der Waals surface area contributed by atoms with E-state index in [4.69, 9.17) is 0 Å². The third-order valence-corrected chi connectivity index (χ3v) is 2.54. The number of hydrogen-bond acceptors (Lipinski definition) is 1. The maximum absolute atomic E-state index is 13.2. The van der Waals surface area contributed by atoms with Crippen molar-refractivity contribution in [2.75, 3.05) is 0 Å². The molecule has 0 heterocycles. The number of benzene rings is 1. The Morgan fingerprint density at radius 1 is 1.19 bits per heavy atom. The largest absolute Gasteiger partial charge is 0.294 e. The fourth-order valence-corrected chi connectivity index (χ4v) is 1.31. The first-order valence-electron chi connectivity index (χ1n) is 5.13. The lowest BCUT2D eigenvalue weighted by Crippen LogP contribution is -2.08. The number of halogens is 3. The van der Waals surface area contributed by atoms with Gasteiger partial charge in [0, 0.05) is 12.5 Å². The van der Waals surface area contributed by atoms with Crippen LogP contribution in [-0.2, 0) is 0 Å². The second-order valence-electron chi connectivity index (χ2n) is 3.89. The van der Waals surface area contributed by atoms with Crippen molar-refractivity contribution in [1.82, 2.24) is 0 Å². The minimum Gasteiger partial charge on any atom is -0.294 e. The van der Waals surface area contributed by atoms with E-state index in [9.17, 15) is 18.0 Å². The molecule has 1 atom stereocenters. The first-order chi connectivity index (χ1) is 7.45. The van der Waals surface area contributed by atoms with E-state index in [1.165, 1.54) is 0 Å². The van der Waals surface area contributed by atoms with Crippen molar-refractivity contribution in [3.8, 4) is 0 Å². The Hall–Kier alpha value is -1.32. The van der Waals surface area contributed by atoms with E-state index in [1.807, 2.05) is 13.8 Å². The van der Waals surface area contributed by atoms with Crippen LogP contribution in [0.1, 0.15) is 37.0 Å². The molecule has 0 amide bonds. The molecular formula is C12H13F3O. The Kier molecular flexibility index (Phi) is 4.10. The first kappa shape index (κ1) is 12.7. The molecule has 1 rings (SSSR count). The van der Waals surface area contributed by atoms with Crippen molar-refractivity contribution in [3.63, 3.8) is 0 Å². The SMILES string of the molecule is CCC(C)CC(=O)c1cc(F)c(F)cc1F. The molecule has 1 nitrogen and oxygen atoms in total. The topological polar surface area (TPSA) is 17.1 Å². The Balaban J connectivity index is 2.96. The van der Waals surface area contributed by atoms with Gasteiger partial charge in [0.1, 0.15) is 5.82 Å². The predicted octanol–water partition coefficient (Wildman–Crippen LogP) is 3.72. The Morgan fingerprint density at radius 3 is 2.31 bits per heavy atom. The molecule has 0 N–H and O–H groups in total. The summed E-state index contributed by atoms with van der Waals surface area (Å²) in [6, 6.07) is 1.02. The lowest BCUT2D eigenvalue weighted by molar-refractivity contribution is 0.0959. The molecule has 1 aromatic rings. The van der Waals surface area contributed by atoms with E-state index in [0.29, 0.717) is 12.1 Å². The van der Waals surface area contributed by atoms with Crippen LogP contribution in [-0.4, -0.2) is 5.78 Å². The Morgan fingerprint density at radius 2 is 1.75 bits per heavy atom. The van der Waals surface area contributed by atoms with Crippen molar-refractivity contribution in [1.29, 1.82) is 0 Å². The van der Waals surface area contributed by atoms with Gasteiger partial charge in [-0.2, -0.15) is 0 Å². The summed E-state index contributed by atoms with van der Waals surface area (Å²) in [6.45, 7) is 3.75. The standard InChI is InChI=1S/C12H13F3O/c1-3-7(2)4-12(16)8-5-10(14)11(15)6-9(8)13/h5-7H,3-4H2,1-2H3. The highest BCUT2D eigenvalue weighted by Crippen LogP contribution is 2.18. The van der Waals surface area contributed by atoms with Crippen molar-refractivity contribution >= 4 is 5.78 Å². The fourth-order valence-electron chi connectivity index (χ4n) is 1.31. The van der Waals surface area contributed by atoms with Gasteiger partial charge in [-0.1, -0.05) is 20.3 Å². The van der Waals surface area contributed by atoms with E-state index in [-0.39, 0.29) is 17.9 Å². The number of carbonyl (C=O) groups excluding carboxylic acids is 1. The minimum absolute atomic E-state index is 0.0972. The molecule has 16 heavy (non-hydrogen) atoms. The van der Waals surface area contributed by atoms with Crippen LogP contribution in [0.15, 0.2) is 12.1 Å². The van der Waals surface area contributed by atoms with Crippen molar-refractivity contribution in [2.24, 2.45) is 5.92 Å². The summed E-state index contributed by atoms with van der Waals surface area (Å²) in [5.41, 5.74) is -0.376. The monoisotopic (exact) mass is 230 g/mol. The van der Waals surface area contributed by atoms with Crippen LogP contribution in [0.25, 0.3) is 0 Å². The zero-order chi connectivity index (χ0) is 12.3. The molecule has 0 saturated carbocycles. The van der Waals surface area contributed by atoms with E-state index < -0.39 is 23.2 Å². The summed E-state index contributed by atoms with van der Waals surface area (Å²) < 4.78 is 38.7. The Bertz CT molecular complexity index is 401.